The molecule has 0 bridgehead atoms. The molecule has 0 radical (unpaired) electrons. The van der Waals surface area contributed by atoms with Crippen LogP contribution in [0.4, 0.5) is 9.52 Å². The Hall–Kier alpha value is -1.99. The van der Waals surface area contributed by atoms with Gasteiger partial charge in [-0.2, -0.15) is 0 Å². The second kappa shape index (κ2) is 8.60. The molecule has 1 aromatic carbocycles. The SMILES string of the molecule is CC1CC(C)CN(Cc2csc(NC(=O)COc3cccc(F)c3)n2)C1. The van der Waals surface area contributed by atoms with Gasteiger partial charge in [0, 0.05) is 31.1 Å². The monoisotopic (exact) mass is 377 g/mol. The lowest BCUT2D eigenvalue weighted by molar-refractivity contribution is -0.118. The molecule has 1 N–H and O–H groups in total. The van der Waals surface area contributed by atoms with Crippen LogP contribution in [0.1, 0.15) is 26.0 Å². The van der Waals surface area contributed by atoms with Gasteiger partial charge >= 0.3 is 0 Å². The molecule has 140 valence electrons. The summed E-state index contributed by atoms with van der Waals surface area (Å²) in [6.07, 6.45) is 1.28. The number of anilines is 1. The normalized spacial score (nSPS) is 20.7. The minimum absolute atomic E-state index is 0.181. The van der Waals surface area contributed by atoms with Crippen LogP contribution in [0, 0.1) is 17.7 Å². The fourth-order valence-corrected chi connectivity index (χ4v) is 4.17. The Balaban J connectivity index is 1.47. The first kappa shape index (κ1) is 18.8. The van der Waals surface area contributed by atoms with E-state index < -0.39 is 5.82 Å². The fourth-order valence-electron chi connectivity index (χ4n) is 3.45. The standard InChI is InChI=1S/C19H24FN3O2S/c1-13-6-14(2)9-23(8-13)10-16-12-26-19(21-16)22-18(24)11-25-17-5-3-4-15(20)7-17/h3-5,7,12-14H,6,8-11H2,1-2H3,(H,21,22,24). The Morgan fingerprint density at radius 3 is 2.88 bits per heavy atom. The van der Waals surface area contributed by atoms with Crippen LogP contribution in [-0.4, -0.2) is 35.5 Å². The second-order valence-corrected chi connectivity index (χ2v) is 7.94. The van der Waals surface area contributed by atoms with Gasteiger partial charge in [-0.15, -0.1) is 11.3 Å². The van der Waals surface area contributed by atoms with Crippen LogP contribution in [0.5, 0.6) is 5.75 Å². The van der Waals surface area contributed by atoms with Gasteiger partial charge in [0.25, 0.3) is 5.91 Å². The van der Waals surface area contributed by atoms with Crippen molar-refractivity contribution in [2.75, 3.05) is 25.0 Å². The lowest BCUT2D eigenvalue weighted by Crippen LogP contribution is -2.38. The highest BCUT2D eigenvalue weighted by Gasteiger charge is 2.22. The minimum Gasteiger partial charge on any atom is -0.484 e. The Bertz CT molecular complexity index is 742. The molecule has 7 heteroatoms. The van der Waals surface area contributed by atoms with Gasteiger partial charge in [0.05, 0.1) is 5.69 Å². The summed E-state index contributed by atoms with van der Waals surface area (Å²) in [4.78, 5) is 18.9. The predicted molar refractivity (Wildman–Crippen MR) is 101 cm³/mol. The number of amides is 1. The quantitative estimate of drug-likeness (QED) is 0.832. The molecule has 1 saturated heterocycles. The third kappa shape index (κ3) is 5.51. The molecule has 5 nitrogen and oxygen atoms in total. The highest BCUT2D eigenvalue weighted by Crippen LogP contribution is 2.24. The first-order valence-corrected chi connectivity index (χ1v) is 9.71. The first-order valence-electron chi connectivity index (χ1n) is 8.83. The maximum absolute atomic E-state index is 13.1. The van der Waals surface area contributed by atoms with Gasteiger partial charge in [-0.1, -0.05) is 19.9 Å². The third-order valence-electron chi connectivity index (χ3n) is 4.29. The van der Waals surface area contributed by atoms with Crippen molar-refractivity contribution in [3.8, 4) is 5.75 Å². The molecular formula is C19H24FN3O2S. The maximum atomic E-state index is 13.1. The largest absolute Gasteiger partial charge is 0.484 e. The first-order chi connectivity index (χ1) is 12.5. The van der Waals surface area contributed by atoms with Crippen LogP contribution >= 0.6 is 11.3 Å². The number of halogens is 1. The smallest absolute Gasteiger partial charge is 0.264 e. The van der Waals surface area contributed by atoms with E-state index >= 15 is 0 Å². The zero-order valence-corrected chi connectivity index (χ0v) is 15.9. The predicted octanol–water partition coefficient (Wildman–Crippen LogP) is 3.78. The van der Waals surface area contributed by atoms with Crippen LogP contribution in [0.3, 0.4) is 0 Å². The van der Waals surface area contributed by atoms with Crippen molar-refractivity contribution < 1.29 is 13.9 Å². The lowest BCUT2D eigenvalue weighted by atomic mass is 9.92. The lowest BCUT2D eigenvalue weighted by Gasteiger charge is -2.34. The number of ether oxygens (including phenoxy) is 1. The molecular weight excluding hydrogens is 353 g/mol. The van der Waals surface area contributed by atoms with Gasteiger partial charge in [-0.25, -0.2) is 9.37 Å². The van der Waals surface area contributed by atoms with Crippen molar-refractivity contribution in [1.82, 2.24) is 9.88 Å². The van der Waals surface area contributed by atoms with Gasteiger partial charge in [0.2, 0.25) is 0 Å². The number of hydrogen-bond donors (Lipinski definition) is 1. The summed E-state index contributed by atoms with van der Waals surface area (Å²) >= 11 is 1.41. The zero-order valence-electron chi connectivity index (χ0n) is 15.1. The third-order valence-corrected chi connectivity index (χ3v) is 5.10. The van der Waals surface area contributed by atoms with Crippen molar-refractivity contribution in [1.29, 1.82) is 0 Å². The van der Waals surface area contributed by atoms with Gasteiger partial charge in [0.15, 0.2) is 11.7 Å². The minimum atomic E-state index is -0.395. The number of nitrogens with one attached hydrogen (secondary N) is 1. The van der Waals surface area contributed by atoms with E-state index in [1.807, 2.05) is 5.38 Å². The van der Waals surface area contributed by atoms with Gasteiger partial charge in [0.1, 0.15) is 11.6 Å². The van der Waals surface area contributed by atoms with E-state index in [1.165, 1.54) is 36.0 Å². The van der Waals surface area contributed by atoms with E-state index in [0.717, 1.165) is 25.3 Å². The van der Waals surface area contributed by atoms with E-state index in [1.54, 1.807) is 6.07 Å². The van der Waals surface area contributed by atoms with E-state index in [4.69, 9.17) is 4.74 Å². The van der Waals surface area contributed by atoms with E-state index in [-0.39, 0.29) is 12.5 Å². The average molecular weight is 377 g/mol. The second-order valence-electron chi connectivity index (χ2n) is 7.08. The number of likely N-dealkylation sites (tertiary alicyclic amines) is 1. The molecule has 0 aliphatic carbocycles. The summed E-state index contributed by atoms with van der Waals surface area (Å²) in [5.74, 6) is 1.03. The van der Waals surface area contributed by atoms with Crippen molar-refractivity contribution >= 4 is 22.4 Å². The van der Waals surface area contributed by atoms with Crippen LogP contribution in [0.25, 0.3) is 0 Å². The summed E-state index contributed by atoms with van der Waals surface area (Å²) in [5.41, 5.74) is 0.970. The molecule has 1 aliphatic rings. The Morgan fingerprint density at radius 2 is 2.15 bits per heavy atom. The molecule has 3 rings (SSSR count). The molecule has 2 unspecified atom stereocenters. The average Bonchev–Trinajstić information content (AvgIpc) is 2.99. The highest BCUT2D eigenvalue weighted by atomic mass is 32.1. The number of piperidine rings is 1. The van der Waals surface area contributed by atoms with Crippen LogP contribution in [-0.2, 0) is 11.3 Å². The Labute approximate surface area is 157 Å². The number of aromatic nitrogens is 1. The molecule has 0 saturated carbocycles. The summed E-state index contributed by atoms with van der Waals surface area (Å²) < 4.78 is 18.4. The van der Waals surface area contributed by atoms with Crippen LogP contribution in [0.15, 0.2) is 29.6 Å². The molecule has 1 aliphatic heterocycles. The van der Waals surface area contributed by atoms with Gasteiger partial charge in [-0.3, -0.25) is 15.0 Å². The molecule has 1 fully saturated rings. The van der Waals surface area contributed by atoms with Crippen molar-refractivity contribution in [2.45, 2.75) is 26.8 Å². The number of thiazole rings is 1. The maximum Gasteiger partial charge on any atom is 0.264 e. The summed E-state index contributed by atoms with van der Waals surface area (Å²) in [7, 11) is 0. The summed E-state index contributed by atoms with van der Waals surface area (Å²) in [5, 5.41) is 5.27. The topological polar surface area (TPSA) is 54.5 Å². The summed E-state index contributed by atoms with van der Waals surface area (Å²) in [6.45, 7) is 7.37. The number of nitrogens with zero attached hydrogens (tertiary/aromatic N) is 2. The number of rotatable bonds is 6. The molecule has 1 aromatic heterocycles. The number of carbonyl (C=O) groups is 1. The van der Waals surface area contributed by atoms with Gasteiger partial charge < -0.3 is 4.74 Å². The number of carbonyl (C=O) groups excluding carboxylic acids is 1. The Morgan fingerprint density at radius 1 is 1.38 bits per heavy atom. The Kier molecular flexibility index (Phi) is 6.21. The molecule has 0 spiro atoms. The summed E-state index contributed by atoms with van der Waals surface area (Å²) in [6, 6.07) is 5.72. The molecule has 2 aromatic rings. The van der Waals surface area contributed by atoms with Crippen molar-refractivity contribution in [3.05, 3.63) is 41.2 Å². The number of hydrogen-bond acceptors (Lipinski definition) is 5. The molecule has 2 heterocycles. The fraction of sp³-hybridized carbons (Fsp3) is 0.474. The van der Waals surface area contributed by atoms with E-state index in [2.05, 4.69) is 29.0 Å². The number of benzene rings is 1. The molecule has 26 heavy (non-hydrogen) atoms. The highest BCUT2D eigenvalue weighted by molar-refractivity contribution is 7.13. The zero-order chi connectivity index (χ0) is 18.5. The van der Waals surface area contributed by atoms with Gasteiger partial charge in [-0.05, 0) is 30.4 Å². The molecule has 1 amide bonds. The van der Waals surface area contributed by atoms with Crippen molar-refractivity contribution in [3.63, 3.8) is 0 Å². The van der Waals surface area contributed by atoms with Crippen LogP contribution < -0.4 is 10.1 Å². The van der Waals surface area contributed by atoms with Crippen LogP contribution in [0.2, 0.25) is 0 Å². The van der Waals surface area contributed by atoms with Crippen molar-refractivity contribution in [2.24, 2.45) is 11.8 Å². The molecule has 2 atom stereocenters. The van der Waals surface area contributed by atoms with E-state index in [0.29, 0.717) is 22.7 Å². The van der Waals surface area contributed by atoms with E-state index in [9.17, 15) is 9.18 Å².